The molecule has 0 aliphatic carbocycles. The van der Waals surface area contributed by atoms with Crippen LogP contribution in [0.15, 0.2) is 72.9 Å². The molecule has 0 bridgehead atoms. The average molecular weight is 365 g/mol. The molecule has 128 valence electrons. The van der Waals surface area contributed by atoms with Crippen LogP contribution in [0.2, 0.25) is 5.02 Å². The van der Waals surface area contributed by atoms with Crippen LogP contribution >= 0.6 is 11.6 Å². The molecule has 0 unspecified atom stereocenters. The van der Waals surface area contributed by atoms with Crippen molar-refractivity contribution in [2.45, 2.75) is 0 Å². The summed E-state index contributed by atoms with van der Waals surface area (Å²) in [5.41, 5.74) is 2.74. The number of hydrogen-bond acceptors (Lipinski definition) is 4. The monoisotopic (exact) mass is 364 g/mol. The molecule has 2 aromatic carbocycles. The summed E-state index contributed by atoms with van der Waals surface area (Å²) in [5.74, 6) is 0.317. The van der Waals surface area contributed by atoms with E-state index in [0.29, 0.717) is 10.8 Å². The van der Waals surface area contributed by atoms with Crippen molar-refractivity contribution < 1.29 is 4.92 Å². The van der Waals surface area contributed by atoms with Crippen LogP contribution in [0, 0.1) is 10.1 Å². The van der Waals surface area contributed by atoms with E-state index in [-0.39, 0.29) is 5.82 Å². The normalized spacial score (nSPS) is 10.8. The molecule has 2 aromatic heterocycles. The number of benzene rings is 2. The number of rotatable bonds is 4. The Morgan fingerprint density at radius 2 is 1.77 bits per heavy atom. The van der Waals surface area contributed by atoms with Gasteiger partial charge in [0.25, 0.3) is 5.82 Å². The van der Waals surface area contributed by atoms with Crippen molar-refractivity contribution >= 4 is 39.7 Å². The summed E-state index contributed by atoms with van der Waals surface area (Å²) in [6.45, 7) is 0. The maximum atomic E-state index is 11.0. The maximum Gasteiger partial charge on any atom is 0.365 e. The quantitative estimate of drug-likeness (QED) is 0.392. The van der Waals surface area contributed by atoms with Gasteiger partial charge in [-0.25, -0.2) is 0 Å². The molecule has 0 spiro atoms. The third-order valence-electron chi connectivity index (χ3n) is 4.01. The molecule has 0 amide bonds. The zero-order valence-corrected chi connectivity index (χ0v) is 14.2. The van der Waals surface area contributed by atoms with E-state index in [9.17, 15) is 10.1 Å². The van der Waals surface area contributed by atoms with Crippen LogP contribution in [-0.4, -0.2) is 14.5 Å². The molecule has 2 heterocycles. The molecule has 4 rings (SSSR count). The van der Waals surface area contributed by atoms with Crippen molar-refractivity contribution in [3.63, 3.8) is 0 Å². The highest BCUT2D eigenvalue weighted by Crippen LogP contribution is 2.29. The molecule has 0 radical (unpaired) electrons. The summed E-state index contributed by atoms with van der Waals surface area (Å²) >= 11 is 5.93. The van der Waals surface area contributed by atoms with Crippen molar-refractivity contribution in [3.05, 3.63) is 88.1 Å². The van der Waals surface area contributed by atoms with Gasteiger partial charge in [-0.1, -0.05) is 17.7 Å². The first kappa shape index (κ1) is 16.1. The lowest BCUT2D eigenvalue weighted by molar-refractivity contribution is -0.389. The first-order chi connectivity index (χ1) is 12.6. The lowest BCUT2D eigenvalue weighted by Gasteiger charge is -2.09. The van der Waals surface area contributed by atoms with Crippen molar-refractivity contribution in [1.82, 2.24) is 9.55 Å². The Labute approximate surface area is 153 Å². The van der Waals surface area contributed by atoms with Crippen LogP contribution in [0.3, 0.4) is 0 Å². The second-order valence-electron chi connectivity index (χ2n) is 5.67. The van der Waals surface area contributed by atoms with Gasteiger partial charge in [0.05, 0.1) is 5.52 Å². The van der Waals surface area contributed by atoms with Gasteiger partial charge in [-0.3, -0.25) is 4.57 Å². The average Bonchev–Trinajstić information content (AvgIpc) is 3.09. The molecular formula is C19H13ClN4O2. The Hall–Kier alpha value is -3.38. The van der Waals surface area contributed by atoms with Gasteiger partial charge < -0.3 is 15.4 Å². The molecule has 0 aliphatic heterocycles. The number of anilines is 2. The number of aromatic nitrogens is 2. The van der Waals surface area contributed by atoms with Gasteiger partial charge in [-0.2, -0.15) is 0 Å². The third-order valence-corrected chi connectivity index (χ3v) is 4.26. The summed E-state index contributed by atoms with van der Waals surface area (Å²) in [4.78, 5) is 14.6. The van der Waals surface area contributed by atoms with E-state index in [4.69, 9.17) is 11.6 Å². The summed E-state index contributed by atoms with van der Waals surface area (Å²) < 4.78 is 1.83. The van der Waals surface area contributed by atoms with Gasteiger partial charge in [-0.05, 0) is 58.4 Å². The standard InChI is InChI=1S/C19H13ClN4O2/c20-13-7-9-14(10-8-13)21-16-3-1-4-17-15(16)11-12-23(17)18-5-2-6-19(22-18)24(25)26/h1-12,21H. The van der Waals surface area contributed by atoms with Crippen LogP contribution in [0.1, 0.15) is 0 Å². The Morgan fingerprint density at radius 1 is 1.00 bits per heavy atom. The van der Waals surface area contributed by atoms with Gasteiger partial charge in [0, 0.05) is 40.1 Å². The number of fused-ring (bicyclic) bond motifs is 1. The lowest BCUT2D eigenvalue weighted by atomic mass is 10.2. The van der Waals surface area contributed by atoms with Crippen molar-refractivity contribution in [1.29, 1.82) is 0 Å². The highest BCUT2D eigenvalue weighted by atomic mass is 35.5. The van der Waals surface area contributed by atoms with Crippen LogP contribution in [-0.2, 0) is 0 Å². The smallest absolute Gasteiger partial charge is 0.358 e. The topological polar surface area (TPSA) is 73.0 Å². The second-order valence-corrected chi connectivity index (χ2v) is 6.10. The molecule has 4 aromatic rings. The molecule has 26 heavy (non-hydrogen) atoms. The van der Waals surface area contributed by atoms with Crippen LogP contribution in [0.25, 0.3) is 16.7 Å². The zero-order valence-electron chi connectivity index (χ0n) is 13.5. The number of nitrogens with zero attached hydrogens (tertiary/aromatic N) is 3. The van der Waals surface area contributed by atoms with Gasteiger partial charge in [0.15, 0.2) is 0 Å². The fraction of sp³-hybridized carbons (Fsp3) is 0. The van der Waals surface area contributed by atoms with E-state index >= 15 is 0 Å². The summed E-state index contributed by atoms with van der Waals surface area (Å²) in [6.07, 6.45) is 1.85. The first-order valence-electron chi connectivity index (χ1n) is 7.86. The van der Waals surface area contributed by atoms with Crippen LogP contribution < -0.4 is 5.32 Å². The highest BCUT2D eigenvalue weighted by molar-refractivity contribution is 6.30. The van der Waals surface area contributed by atoms with Crippen molar-refractivity contribution in [2.75, 3.05) is 5.32 Å². The van der Waals surface area contributed by atoms with E-state index < -0.39 is 4.92 Å². The minimum absolute atomic E-state index is 0.181. The van der Waals surface area contributed by atoms with E-state index in [1.807, 2.05) is 59.3 Å². The van der Waals surface area contributed by atoms with E-state index in [1.165, 1.54) is 6.07 Å². The third kappa shape index (κ3) is 2.98. The number of nitro groups is 1. The zero-order chi connectivity index (χ0) is 18.1. The van der Waals surface area contributed by atoms with Crippen LogP contribution in [0.5, 0.6) is 0 Å². The summed E-state index contributed by atoms with van der Waals surface area (Å²) in [7, 11) is 0. The second kappa shape index (κ2) is 6.50. The number of nitrogens with one attached hydrogen (secondary N) is 1. The first-order valence-corrected chi connectivity index (χ1v) is 8.24. The van der Waals surface area contributed by atoms with Gasteiger partial charge in [0.1, 0.15) is 0 Å². The van der Waals surface area contributed by atoms with E-state index in [0.717, 1.165) is 22.3 Å². The molecule has 0 aliphatic rings. The molecule has 0 saturated heterocycles. The van der Waals surface area contributed by atoms with Crippen molar-refractivity contribution in [2.24, 2.45) is 0 Å². The molecule has 0 fully saturated rings. The minimum Gasteiger partial charge on any atom is -0.358 e. The predicted molar refractivity (Wildman–Crippen MR) is 102 cm³/mol. The molecule has 7 heteroatoms. The molecule has 0 atom stereocenters. The number of hydrogen-bond donors (Lipinski definition) is 1. The Balaban J connectivity index is 1.76. The van der Waals surface area contributed by atoms with Gasteiger partial charge in [0.2, 0.25) is 0 Å². The van der Waals surface area contributed by atoms with Gasteiger partial charge >= 0.3 is 5.82 Å². The molecule has 6 nitrogen and oxygen atoms in total. The lowest BCUT2D eigenvalue weighted by Crippen LogP contribution is -1.99. The molecule has 1 N–H and O–H groups in total. The minimum atomic E-state index is -0.497. The van der Waals surface area contributed by atoms with E-state index in [1.54, 1.807) is 12.1 Å². The van der Waals surface area contributed by atoms with E-state index in [2.05, 4.69) is 10.3 Å². The Morgan fingerprint density at radius 3 is 2.54 bits per heavy atom. The molecular weight excluding hydrogens is 352 g/mol. The van der Waals surface area contributed by atoms with Crippen molar-refractivity contribution in [3.8, 4) is 5.82 Å². The maximum absolute atomic E-state index is 11.0. The van der Waals surface area contributed by atoms with Crippen LogP contribution in [0.4, 0.5) is 17.2 Å². The Kier molecular flexibility index (Phi) is 4.02. The fourth-order valence-corrected chi connectivity index (χ4v) is 2.94. The highest BCUT2D eigenvalue weighted by Gasteiger charge is 2.14. The van der Waals surface area contributed by atoms with Gasteiger partial charge in [-0.15, -0.1) is 0 Å². The summed E-state index contributed by atoms with van der Waals surface area (Å²) in [6, 6.07) is 20.0. The largest absolute Gasteiger partial charge is 0.365 e. The fourth-order valence-electron chi connectivity index (χ4n) is 2.81. The predicted octanol–water partition coefficient (Wildman–Crippen LogP) is 5.33. The Bertz CT molecular complexity index is 1110. The summed E-state index contributed by atoms with van der Waals surface area (Å²) in [5, 5.41) is 16.0. The SMILES string of the molecule is O=[N+]([O-])c1cccc(-n2ccc3c(Nc4ccc(Cl)cc4)cccc32)n1. The number of pyridine rings is 1. The molecule has 0 saturated carbocycles. The number of halogens is 1.